The van der Waals surface area contributed by atoms with Crippen LogP contribution in [0.3, 0.4) is 0 Å². The summed E-state index contributed by atoms with van der Waals surface area (Å²) in [7, 11) is 0. The molecule has 0 aliphatic carbocycles. The lowest BCUT2D eigenvalue weighted by Gasteiger charge is -2.13. The van der Waals surface area contributed by atoms with Gasteiger partial charge in [-0.3, -0.25) is 4.57 Å². The molecule has 104 valence electrons. The molecule has 0 radical (unpaired) electrons. The number of rotatable bonds is 4. The minimum atomic E-state index is 0.356. The minimum absolute atomic E-state index is 0.356. The van der Waals surface area contributed by atoms with Crippen LogP contribution in [0.4, 0.5) is 0 Å². The van der Waals surface area contributed by atoms with E-state index in [9.17, 15) is 0 Å². The molecule has 2 rings (SSSR count). The van der Waals surface area contributed by atoms with Gasteiger partial charge in [0.15, 0.2) is 0 Å². The number of imidazole rings is 1. The third-order valence-corrected chi connectivity index (χ3v) is 3.29. The molecule has 0 bridgehead atoms. The molecule has 0 fully saturated rings. The number of allylic oxidation sites excluding steroid dienone is 1. The first-order chi connectivity index (χ1) is 9.58. The molecular formula is C18H22N2. The van der Waals surface area contributed by atoms with Crippen molar-refractivity contribution >= 4 is 12.2 Å². The predicted molar refractivity (Wildman–Crippen MR) is 87.2 cm³/mol. The maximum absolute atomic E-state index is 4.74. The zero-order valence-corrected chi connectivity index (χ0v) is 12.7. The first-order valence-corrected chi connectivity index (χ1v) is 7.03. The molecule has 0 amide bonds. The maximum atomic E-state index is 4.74. The number of hydrogen-bond acceptors (Lipinski definition) is 1. The van der Waals surface area contributed by atoms with Gasteiger partial charge in [-0.1, -0.05) is 44.2 Å². The lowest BCUT2D eigenvalue weighted by atomic mass is 10.2. The van der Waals surface area contributed by atoms with Gasteiger partial charge in [-0.15, -0.1) is 0 Å². The average molecular weight is 266 g/mol. The molecule has 2 heteroatoms. The van der Waals surface area contributed by atoms with E-state index in [0.29, 0.717) is 5.92 Å². The zero-order valence-electron chi connectivity index (χ0n) is 12.7. The van der Waals surface area contributed by atoms with E-state index in [1.165, 1.54) is 5.56 Å². The SMILES string of the molecule is C=Cc1nc(C(C)C)n(-c2ccc(C)cc2)c1/C=C\C. The van der Waals surface area contributed by atoms with Crippen LogP contribution in [0.25, 0.3) is 17.8 Å². The highest BCUT2D eigenvalue weighted by atomic mass is 15.1. The fourth-order valence-electron chi connectivity index (χ4n) is 2.29. The Balaban J connectivity index is 2.73. The standard InChI is InChI=1S/C18H22N2/c1-6-8-17-16(7-2)19-18(13(3)4)20(17)15-11-9-14(5)10-12-15/h6-13H,2H2,1,3-5H3/b8-6-. The summed E-state index contributed by atoms with van der Waals surface area (Å²) in [6, 6.07) is 8.55. The van der Waals surface area contributed by atoms with E-state index in [4.69, 9.17) is 4.98 Å². The number of hydrogen-bond donors (Lipinski definition) is 0. The number of aromatic nitrogens is 2. The molecule has 0 N–H and O–H groups in total. The van der Waals surface area contributed by atoms with Crippen molar-refractivity contribution in [2.24, 2.45) is 0 Å². The molecule has 20 heavy (non-hydrogen) atoms. The van der Waals surface area contributed by atoms with Crippen LogP contribution in [0.5, 0.6) is 0 Å². The molecule has 0 spiro atoms. The summed E-state index contributed by atoms with van der Waals surface area (Å²) >= 11 is 0. The van der Waals surface area contributed by atoms with Crippen molar-refractivity contribution in [1.29, 1.82) is 0 Å². The summed E-state index contributed by atoms with van der Waals surface area (Å²) in [5, 5.41) is 0. The van der Waals surface area contributed by atoms with E-state index < -0.39 is 0 Å². The largest absolute Gasteiger partial charge is 0.296 e. The quantitative estimate of drug-likeness (QED) is 0.763. The van der Waals surface area contributed by atoms with Crippen molar-refractivity contribution in [1.82, 2.24) is 9.55 Å². The smallest absolute Gasteiger partial charge is 0.117 e. The van der Waals surface area contributed by atoms with Gasteiger partial charge in [0.2, 0.25) is 0 Å². The second kappa shape index (κ2) is 5.91. The van der Waals surface area contributed by atoms with E-state index in [0.717, 1.165) is 22.9 Å². The Labute approximate surface area is 121 Å². The molecule has 0 saturated carbocycles. The zero-order chi connectivity index (χ0) is 14.7. The molecule has 1 heterocycles. The summed E-state index contributed by atoms with van der Waals surface area (Å²) in [5.41, 5.74) is 4.44. The predicted octanol–water partition coefficient (Wildman–Crippen LogP) is 4.98. The van der Waals surface area contributed by atoms with Crippen LogP contribution < -0.4 is 0 Å². The number of nitrogens with zero attached hydrogens (tertiary/aromatic N) is 2. The molecule has 0 saturated heterocycles. The Morgan fingerprint density at radius 1 is 1.20 bits per heavy atom. The average Bonchev–Trinajstić information content (AvgIpc) is 2.79. The lowest BCUT2D eigenvalue weighted by Crippen LogP contribution is -2.04. The third-order valence-electron chi connectivity index (χ3n) is 3.29. The van der Waals surface area contributed by atoms with Crippen LogP contribution >= 0.6 is 0 Å². The van der Waals surface area contributed by atoms with Crippen LogP contribution in [-0.2, 0) is 0 Å². The van der Waals surface area contributed by atoms with E-state index in [1.807, 2.05) is 19.1 Å². The second-order valence-electron chi connectivity index (χ2n) is 5.27. The summed E-state index contributed by atoms with van der Waals surface area (Å²) in [6.07, 6.45) is 5.96. The fourth-order valence-corrected chi connectivity index (χ4v) is 2.29. The van der Waals surface area contributed by atoms with Gasteiger partial charge in [-0.2, -0.15) is 0 Å². The van der Waals surface area contributed by atoms with Crippen LogP contribution in [0.1, 0.15) is 49.5 Å². The number of aryl methyl sites for hydroxylation is 1. The molecule has 1 aromatic heterocycles. The van der Waals surface area contributed by atoms with Crippen LogP contribution in [0.15, 0.2) is 36.9 Å². The summed E-state index contributed by atoms with van der Waals surface area (Å²) in [4.78, 5) is 4.74. The van der Waals surface area contributed by atoms with Gasteiger partial charge in [-0.05, 0) is 38.1 Å². The molecule has 2 aromatic rings. The van der Waals surface area contributed by atoms with Crippen molar-refractivity contribution in [2.45, 2.75) is 33.6 Å². The van der Waals surface area contributed by atoms with E-state index in [1.54, 1.807) is 0 Å². The highest BCUT2D eigenvalue weighted by Gasteiger charge is 2.17. The van der Waals surface area contributed by atoms with Crippen LogP contribution in [0.2, 0.25) is 0 Å². The Morgan fingerprint density at radius 3 is 2.35 bits per heavy atom. The first-order valence-electron chi connectivity index (χ1n) is 7.03. The highest BCUT2D eigenvalue weighted by Crippen LogP contribution is 2.26. The highest BCUT2D eigenvalue weighted by molar-refractivity contribution is 5.62. The Morgan fingerprint density at radius 2 is 1.85 bits per heavy atom. The topological polar surface area (TPSA) is 17.8 Å². The van der Waals surface area contributed by atoms with Gasteiger partial charge < -0.3 is 0 Å². The van der Waals surface area contributed by atoms with Gasteiger partial charge in [0, 0.05) is 11.6 Å². The van der Waals surface area contributed by atoms with Gasteiger partial charge in [0.05, 0.1) is 11.4 Å². The van der Waals surface area contributed by atoms with Crippen LogP contribution in [0, 0.1) is 6.92 Å². The van der Waals surface area contributed by atoms with Crippen molar-refractivity contribution < 1.29 is 0 Å². The van der Waals surface area contributed by atoms with Crippen molar-refractivity contribution in [3.63, 3.8) is 0 Å². The van der Waals surface area contributed by atoms with Gasteiger partial charge in [0.1, 0.15) is 5.82 Å². The maximum Gasteiger partial charge on any atom is 0.117 e. The van der Waals surface area contributed by atoms with Gasteiger partial charge in [-0.25, -0.2) is 4.98 Å². The number of benzene rings is 1. The molecule has 0 unspecified atom stereocenters. The molecule has 0 atom stereocenters. The Hall–Kier alpha value is -2.09. The van der Waals surface area contributed by atoms with Gasteiger partial charge in [0.25, 0.3) is 0 Å². The molecule has 0 aliphatic rings. The molecule has 0 aliphatic heterocycles. The van der Waals surface area contributed by atoms with Crippen molar-refractivity contribution in [3.8, 4) is 5.69 Å². The van der Waals surface area contributed by atoms with E-state index in [-0.39, 0.29) is 0 Å². The second-order valence-corrected chi connectivity index (χ2v) is 5.27. The summed E-state index contributed by atoms with van der Waals surface area (Å²) in [5.74, 6) is 1.42. The molecule has 1 aromatic carbocycles. The molecular weight excluding hydrogens is 244 g/mol. The lowest BCUT2D eigenvalue weighted by molar-refractivity contribution is 0.750. The Bertz CT molecular complexity index is 628. The first kappa shape index (κ1) is 14.3. The normalized spacial score (nSPS) is 11.4. The summed E-state index contributed by atoms with van der Waals surface area (Å²) < 4.78 is 2.22. The molecule has 2 nitrogen and oxygen atoms in total. The third kappa shape index (κ3) is 2.60. The minimum Gasteiger partial charge on any atom is -0.296 e. The monoisotopic (exact) mass is 266 g/mol. The van der Waals surface area contributed by atoms with Gasteiger partial charge >= 0.3 is 0 Å². The Kier molecular flexibility index (Phi) is 4.23. The fraction of sp³-hybridized carbons (Fsp3) is 0.278. The van der Waals surface area contributed by atoms with E-state index >= 15 is 0 Å². The van der Waals surface area contributed by atoms with E-state index in [2.05, 4.69) is 62.3 Å². The van der Waals surface area contributed by atoms with Crippen molar-refractivity contribution in [2.75, 3.05) is 0 Å². The summed E-state index contributed by atoms with van der Waals surface area (Å²) in [6.45, 7) is 12.3. The van der Waals surface area contributed by atoms with Crippen molar-refractivity contribution in [3.05, 3.63) is 59.7 Å². The van der Waals surface area contributed by atoms with Crippen LogP contribution in [-0.4, -0.2) is 9.55 Å².